The predicted molar refractivity (Wildman–Crippen MR) is 305 cm³/mol. The van der Waals surface area contributed by atoms with Gasteiger partial charge in [0.1, 0.15) is 11.5 Å². The number of hydrogen-bond donors (Lipinski definition) is 0. The number of unbranched alkanes of at least 4 members (excludes halogenated alkanes) is 10. The van der Waals surface area contributed by atoms with Gasteiger partial charge in [0.15, 0.2) is 0 Å². The summed E-state index contributed by atoms with van der Waals surface area (Å²) in [6.45, 7) is 31.7. The Balaban J connectivity index is 0.00000847. The fourth-order valence-corrected chi connectivity index (χ4v) is 12.1. The zero-order chi connectivity index (χ0) is 51.3. The van der Waals surface area contributed by atoms with Crippen molar-refractivity contribution in [2.75, 3.05) is 0 Å². The van der Waals surface area contributed by atoms with E-state index in [-0.39, 0.29) is 46.1 Å². The van der Waals surface area contributed by atoms with Gasteiger partial charge in [0.25, 0.3) is 0 Å². The van der Waals surface area contributed by atoms with Gasteiger partial charge in [-0.1, -0.05) is 222 Å². The van der Waals surface area contributed by atoms with Gasteiger partial charge >= 0.3 is 30.2 Å². The summed E-state index contributed by atoms with van der Waals surface area (Å²) in [5.41, 5.74) is 15.3. The number of aryl methyl sites for hydroxylation is 2. The van der Waals surface area contributed by atoms with Crippen LogP contribution in [-0.2, 0) is 39.8 Å². The van der Waals surface area contributed by atoms with Crippen LogP contribution in [0.5, 0.6) is 11.5 Å². The normalized spacial score (nSPS) is 13.3. The summed E-state index contributed by atoms with van der Waals surface area (Å²) in [6.07, 6.45) is 16.9. The van der Waals surface area contributed by atoms with Crippen LogP contribution in [0.15, 0.2) is 72.8 Å². The standard InChI is InChI=1S/C66H89O4P.Ag/c1-15-17-19-21-23-25-27-47-29-31-53-51(33-47)39-59(61-55(43(7)8)35-49(41(3)4)36-56(61)44(9)10)65-63(53)64-54-32-30-48(28-26-24-22-20-18-16-2)34-52(54)40-60(66(64)70-71(67,68)69-65)62-57(45(11)12)37-50(42(5)6)38-58(62)46(13)14;/h29-46H,15-28H2,1-14H3,(H,67,68);/q;+1/p-1. The summed E-state index contributed by atoms with van der Waals surface area (Å²) < 4.78 is 28.4. The van der Waals surface area contributed by atoms with Gasteiger partial charge in [-0.05, 0) is 151 Å². The van der Waals surface area contributed by atoms with Crippen molar-refractivity contribution in [1.29, 1.82) is 0 Å². The monoisotopic (exact) mass is 1080 g/mol. The molecule has 4 nitrogen and oxygen atoms in total. The molecule has 6 aromatic carbocycles. The molecule has 6 aromatic rings. The first-order valence-electron chi connectivity index (χ1n) is 28.1. The molecule has 1 aliphatic rings. The summed E-state index contributed by atoms with van der Waals surface area (Å²) >= 11 is 0. The van der Waals surface area contributed by atoms with Crippen molar-refractivity contribution in [2.45, 2.75) is 222 Å². The average Bonchev–Trinajstić information content (AvgIpc) is 3.45. The van der Waals surface area contributed by atoms with Crippen molar-refractivity contribution in [2.24, 2.45) is 0 Å². The molecule has 0 saturated carbocycles. The molecule has 0 amide bonds. The molecule has 1 aliphatic heterocycles. The quantitative estimate of drug-likeness (QED) is 0.0386. The molecule has 72 heavy (non-hydrogen) atoms. The molecular weight excluding hydrogens is 996 g/mol. The van der Waals surface area contributed by atoms with Crippen LogP contribution in [0.2, 0.25) is 0 Å². The van der Waals surface area contributed by atoms with Gasteiger partial charge in [-0.25, -0.2) is 4.57 Å². The smallest absolute Gasteiger partial charge is 0.736 e. The Kier molecular flexibility index (Phi) is 20.2. The van der Waals surface area contributed by atoms with Crippen molar-refractivity contribution >= 4 is 29.4 Å². The minimum atomic E-state index is -5.07. The molecule has 0 saturated heterocycles. The molecule has 0 bridgehead atoms. The van der Waals surface area contributed by atoms with E-state index in [1.165, 1.54) is 109 Å². The van der Waals surface area contributed by atoms with Gasteiger partial charge in [0, 0.05) is 22.3 Å². The maximum absolute atomic E-state index is 15.1. The Morgan fingerprint density at radius 2 is 0.736 bits per heavy atom. The fraction of sp³-hybridized carbons (Fsp3) is 0.515. The molecule has 7 rings (SSSR count). The average molecular weight is 1080 g/mol. The Hall–Kier alpha value is -3.63. The number of hydrogen-bond acceptors (Lipinski definition) is 4. The van der Waals surface area contributed by atoms with E-state index in [0.29, 0.717) is 23.3 Å². The van der Waals surface area contributed by atoms with Crippen LogP contribution >= 0.6 is 7.82 Å². The zero-order valence-corrected chi connectivity index (χ0v) is 49.1. The summed E-state index contributed by atoms with van der Waals surface area (Å²) in [7, 11) is -5.07. The largest absolute Gasteiger partial charge is 1.00 e. The molecule has 0 atom stereocenters. The summed E-state index contributed by atoms with van der Waals surface area (Å²) in [5.74, 6) is 2.02. The van der Waals surface area contributed by atoms with E-state index in [0.717, 1.165) is 80.6 Å². The topological polar surface area (TPSA) is 58.6 Å². The Labute approximate surface area is 452 Å². The molecule has 0 aliphatic carbocycles. The van der Waals surface area contributed by atoms with Gasteiger partial charge in [-0.3, -0.25) is 0 Å². The first-order chi connectivity index (χ1) is 33.8. The van der Waals surface area contributed by atoms with E-state index in [4.69, 9.17) is 9.05 Å². The molecule has 0 unspecified atom stereocenters. The van der Waals surface area contributed by atoms with Crippen LogP contribution in [0.25, 0.3) is 54.9 Å². The van der Waals surface area contributed by atoms with E-state index >= 15 is 9.46 Å². The molecule has 1 heterocycles. The van der Waals surface area contributed by atoms with Crippen LogP contribution in [0.3, 0.4) is 0 Å². The molecule has 0 aromatic heterocycles. The molecule has 0 N–H and O–H groups in total. The molecule has 0 spiro atoms. The number of benzene rings is 6. The van der Waals surface area contributed by atoms with E-state index in [2.05, 4.69) is 170 Å². The maximum atomic E-state index is 15.1. The summed E-state index contributed by atoms with van der Waals surface area (Å²) in [6, 6.07) is 27.7. The fourth-order valence-electron chi connectivity index (χ4n) is 11.2. The minimum Gasteiger partial charge on any atom is -0.736 e. The molecule has 0 fully saturated rings. The van der Waals surface area contributed by atoms with Crippen LogP contribution in [0, 0.1) is 0 Å². The predicted octanol–water partition coefficient (Wildman–Crippen LogP) is 20.8. The van der Waals surface area contributed by atoms with Gasteiger partial charge < -0.3 is 13.9 Å². The Morgan fingerprint density at radius 1 is 0.417 bits per heavy atom. The van der Waals surface area contributed by atoms with Crippen molar-refractivity contribution in [3.63, 3.8) is 0 Å². The first kappa shape index (κ1) is 57.6. The van der Waals surface area contributed by atoms with Gasteiger partial charge in [-0.2, -0.15) is 0 Å². The van der Waals surface area contributed by atoms with E-state index in [1.54, 1.807) is 0 Å². The second-order valence-electron chi connectivity index (χ2n) is 23.1. The number of rotatable bonds is 22. The first-order valence-corrected chi connectivity index (χ1v) is 29.6. The van der Waals surface area contributed by atoms with Crippen LogP contribution in [0.4, 0.5) is 0 Å². The summed E-state index contributed by atoms with van der Waals surface area (Å²) in [5, 5.41) is 4.11. The van der Waals surface area contributed by atoms with Crippen molar-refractivity contribution in [3.05, 3.63) is 117 Å². The van der Waals surface area contributed by atoms with Crippen molar-refractivity contribution in [1.82, 2.24) is 0 Å². The van der Waals surface area contributed by atoms with Crippen LogP contribution in [-0.4, -0.2) is 0 Å². The third-order valence-corrected chi connectivity index (χ3v) is 16.2. The van der Waals surface area contributed by atoms with Gasteiger partial charge in [0.05, 0.1) is 0 Å². The minimum absolute atomic E-state index is 0. The third-order valence-electron chi connectivity index (χ3n) is 15.4. The van der Waals surface area contributed by atoms with E-state index in [1.807, 2.05) is 0 Å². The van der Waals surface area contributed by atoms with Crippen molar-refractivity contribution in [3.8, 4) is 44.9 Å². The second-order valence-corrected chi connectivity index (χ2v) is 24.4. The van der Waals surface area contributed by atoms with Crippen LogP contribution in [0.1, 0.15) is 254 Å². The Morgan fingerprint density at radius 3 is 1.04 bits per heavy atom. The molecular formula is C66H88AgO4P. The van der Waals surface area contributed by atoms with Gasteiger partial charge in [-0.15, -0.1) is 0 Å². The molecule has 6 heteroatoms. The second kappa shape index (κ2) is 25.3. The molecule has 0 radical (unpaired) electrons. The van der Waals surface area contributed by atoms with Crippen molar-refractivity contribution < 1.29 is 40.9 Å². The number of phosphoric acid groups is 1. The summed E-state index contributed by atoms with van der Waals surface area (Å²) in [4.78, 5) is 15.1. The number of phosphoric ester groups is 1. The SMILES string of the molecule is CCCCCCCCc1ccc2c3c(c(-c4c(C(C)C)cc(C(C)C)cc4C(C)C)cc2c1)OP(=O)([O-])Oc1c(-c2c(C(C)C)cc(C(C)C)cc2C(C)C)cc2cc(CCCCCCCC)ccc2c1-3.[Ag+]. The van der Waals surface area contributed by atoms with Gasteiger partial charge in [0.2, 0.25) is 0 Å². The van der Waals surface area contributed by atoms with Crippen LogP contribution < -0.4 is 13.9 Å². The third kappa shape index (κ3) is 12.9. The zero-order valence-electron chi connectivity index (χ0n) is 46.7. The number of fused-ring (bicyclic) bond motifs is 7. The molecule has 392 valence electrons. The maximum Gasteiger partial charge on any atom is 1.00 e. The van der Waals surface area contributed by atoms with E-state index in [9.17, 15) is 0 Å². The van der Waals surface area contributed by atoms with E-state index < -0.39 is 7.82 Å². The Bertz CT molecular complexity index is 2620.